The molecule has 0 saturated carbocycles. The van der Waals surface area contributed by atoms with E-state index in [9.17, 15) is 49.2 Å². The van der Waals surface area contributed by atoms with Gasteiger partial charge in [0.2, 0.25) is 0 Å². The molecule has 4 fully saturated rings. The van der Waals surface area contributed by atoms with E-state index >= 15 is 0 Å². The molecule has 16 atom stereocenters. The zero-order valence-electron chi connectivity index (χ0n) is 65.3. The lowest BCUT2D eigenvalue weighted by Gasteiger charge is -2.53. The summed E-state index contributed by atoms with van der Waals surface area (Å²) in [7, 11) is 0. The van der Waals surface area contributed by atoms with Crippen molar-refractivity contribution in [3.05, 3.63) is 251 Å². The maximum absolute atomic E-state index is 12.5. The minimum atomic E-state index is -1.82. The summed E-state index contributed by atoms with van der Waals surface area (Å²) in [5.41, 5.74) is 3.49. The number of aliphatic hydroxyl groups excluding tert-OH is 10. The Balaban J connectivity index is 0.000000215. The first-order valence-electron chi connectivity index (χ1n) is 37.2. The zero-order valence-corrected chi connectivity index (χ0v) is 66.1. The number of hydrogen-bond donors (Lipinski definition) is 10. The molecule has 7 aromatic rings. The van der Waals surface area contributed by atoms with Gasteiger partial charge in [-0.25, -0.2) is 28.8 Å². The summed E-state index contributed by atoms with van der Waals surface area (Å²) >= 11 is 5.53. The Bertz CT molecular complexity index is 3830. The van der Waals surface area contributed by atoms with E-state index in [1.54, 1.807) is 189 Å². The van der Waals surface area contributed by atoms with Gasteiger partial charge in [0.15, 0.2) is 23.1 Å². The quantitative estimate of drug-likeness (QED) is 0.0143. The van der Waals surface area contributed by atoms with Crippen LogP contribution in [-0.4, -0.2) is 261 Å². The molecule has 0 unspecified atom stereocenters. The molecule has 4 heterocycles. The lowest BCUT2D eigenvalue weighted by Crippen LogP contribution is -2.67. The molecule has 10 N–H and O–H groups in total. The second-order valence-corrected chi connectivity index (χ2v) is 28.8. The van der Waals surface area contributed by atoms with Crippen LogP contribution >= 0.6 is 11.6 Å². The summed E-state index contributed by atoms with van der Waals surface area (Å²) in [5.74, 6) is -6.46. The van der Waals surface area contributed by atoms with E-state index in [2.05, 4.69) is 0 Å². The summed E-state index contributed by atoms with van der Waals surface area (Å²) < 4.78 is 80.6. The van der Waals surface area contributed by atoms with Crippen molar-refractivity contribution < 1.29 is 146 Å². The Kier molecular flexibility index (Phi) is 37.0. The monoisotopic (exact) mass is 1640 g/mol. The Morgan fingerprint density at radius 3 is 0.655 bits per heavy atom. The molecule has 31 heteroatoms. The van der Waals surface area contributed by atoms with E-state index in [1.165, 1.54) is 29.8 Å². The van der Waals surface area contributed by atoms with Gasteiger partial charge in [0.05, 0.1) is 46.6 Å². The number of halogens is 1. The van der Waals surface area contributed by atoms with E-state index in [0.29, 0.717) is 28.1 Å². The Hall–Kier alpha value is -9.07. The van der Waals surface area contributed by atoms with Gasteiger partial charge < -0.3 is 117 Å². The summed E-state index contributed by atoms with van der Waals surface area (Å²) in [6.45, 7) is 11.4. The number of hydrogen-bond acceptors (Lipinski definition) is 30. The number of benzene rings is 7. The minimum Gasteiger partial charge on any atom is -0.459 e. The van der Waals surface area contributed by atoms with Crippen LogP contribution < -0.4 is 0 Å². The van der Waals surface area contributed by atoms with Crippen molar-refractivity contribution >= 4 is 47.4 Å². The fourth-order valence-corrected chi connectivity index (χ4v) is 12.0. The van der Waals surface area contributed by atoms with E-state index in [4.69, 9.17) is 109 Å². The molecule has 0 aromatic heterocycles. The number of rotatable bonds is 28. The van der Waals surface area contributed by atoms with Gasteiger partial charge in [0.25, 0.3) is 0 Å². The molecule has 0 radical (unpaired) electrons. The predicted octanol–water partition coefficient (Wildman–Crippen LogP) is 6.47. The van der Waals surface area contributed by atoms with E-state index in [1.807, 2.05) is 54.6 Å². The zero-order chi connectivity index (χ0) is 84.8. The van der Waals surface area contributed by atoms with Gasteiger partial charge in [0, 0.05) is 5.88 Å². The van der Waals surface area contributed by atoms with Crippen molar-refractivity contribution in [3.63, 3.8) is 0 Å². The average molecular weight is 1640 g/mol. The van der Waals surface area contributed by atoms with Crippen LogP contribution in [0.4, 0.5) is 0 Å². The maximum atomic E-state index is 12.5. The smallest absolute Gasteiger partial charge is 0.338 e. The third-order valence-electron chi connectivity index (χ3n) is 17.5. The normalized spacial score (nSPS) is 22.5. The molecule has 30 nitrogen and oxygen atoms in total. The van der Waals surface area contributed by atoms with Gasteiger partial charge in [-0.1, -0.05) is 140 Å². The maximum Gasteiger partial charge on any atom is 0.338 e. The molecule has 4 saturated heterocycles. The highest BCUT2D eigenvalue weighted by Crippen LogP contribution is 2.41. The number of fused-ring (bicyclic) bond motifs is 1. The highest BCUT2D eigenvalue weighted by atomic mass is 35.5. The van der Waals surface area contributed by atoms with Crippen molar-refractivity contribution in [2.45, 2.75) is 182 Å². The number of alkyl halides is 1. The first-order valence-corrected chi connectivity index (χ1v) is 37.7. The first-order chi connectivity index (χ1) is 55.1. The predicted molar refractivity (Wildman–Crippen MR) is 414 cm³/mol. The fourth-order valence-electron chi connectivity index (χ4n) is 11.9. The van der Waals surface area contributed by atoms with E-state index < -0.39 is 183 Å². The lowest BCUT2D eigenvalue weighted by atomic mass is 9.97. The van der Waals surface area contributed by atoms with Crippen molar-refractivity contribution in [1.29, 1.82) is 0 Å². The van der Waals surface area contributed by atoms with Crippen LogP contribution in [0.2, 0.25) is 0 Å². The molecule has 7 aromatic carbocycles. The number of carbonyl (C=O) groups excluding carboxylic acids is 6. The van der Waals surface area contributed by atoms with Gasteiger partial charge in [-0.2, -0.15) is 0 Å². The second-order valence-electron chi connectivity index (χ2n) is 28.6. The molecule has 630 valence electrons. The number of carbonyl (C=O) groups is 6. The fraction of sp³-hybridized carbons (Fsp3) is 0.435. The molecular weight excluding hydrogens is 1540 g/mol. The minimum absolute atomic E-state index is 0.0291. The highest BCUT2D eigenvalue weighted by Gasteiger charge is 2.56. The second kappa shape index (κ2) is 45.6. The van der Waals surface area contributed by atoms with E-state index in [-0.39, 0.29) is 37.6 Å². The third-order valence-corrected chi connectivity index (χ3v) is 17.8. The molecule has 0 amide bonds. The van der Waals surface area contributed by atoms with Gasteiger partial charge in [-0.15, -0.1) is 11.6 Å². The number of ether oxygens (including phenoxy) is 14. The molecule has 0 spiro atoms. The van der Waals surface area contributed by atoms with Crippen LogP contribution in [-0.2, 0) is 72.2 Å². The van der Waals surface area contributed by atoms with Crippen LogP contribution in [0.1, 0.15) is 123 Å². The average Bonchev–Trinajstić information content (AvgIpc) is 1.05. The first kappa shape index (κ1) is 94.1. The highest BCUT2D eigenvalue weighted by molar-refractivity contribution is 6.17. The SMILES string of the molecule is CC1(C)O[C@@H]([C@@H]2OC(C)(C)O[C@@H]2COC(=O)c2ccccc2)[C@@H](COC(=O)c2ccccc2)O1.CC1(C)O[C@H]2[C@H](OC(C)(C)O[C@@H]2COC(=O)c2ccccc2)[C@@H](COC(=O)c2ccccc2)O1.ClCc1ccccc1.O=C(OC[C@@H](O)[C@@H](O)[C@H](O)[C@H](O)COC(=O)c1ccccc1)c1ccccc1.OC[C@@H](O)[C@@H](O)[C@H](O)[C@H](O)CO. The van der Waals surface area contributed by atoms with Gasteiger partial charge in [-0.05, 0) is 134 Å². The van der Waals surface area contributed by atoms with Crippen LogP contribution in [0.15, 0.2) is 212 Å². The topological polar surface area (TPSA) is 434 Å². The van der Waals surface area contributed by atoms with Gasteiger partial charge in [-0.3, -0.25) is 0 Å². The molecule has 4 aliphatic heterocycles. The van der Waals surface area contributed by atoms with Gasteiger partial charge >= 0.3 is 35.8 Å². The van der Waals surface area contributed by atoms with Crippen LogP contribution in [0.25, 0.3) is 0 Å². The van der Waals surface area contributed by atoms with Gasteiger partial charge in [0.1, 0.15) is 137 Å². The lowest BCUT2D eigenvalue weighted by molar-refractivity contribution is -0.426. The summed E-state index contributed by atoms with van der Waals surface area (Å²) in [4.78, 5) is 73.4. The summed E-state index contributed by atoms with van der Waals surface area (Å²) in [5, 5.41) is 91.8. The van der Waals surface area contributed by atoms with Crippen LogP contribution in [0.5, 0.6) is 0 Å². The van der Waals surface area contributed by atoms with Crippen molar-refractivity contribution in [2.24, 2.45) is 0 Å². The summed E-state index contributed by atoms with van der Waals surface area (Å²) in [6.07, 6.45) is -18.2. The molecule has 116 heavy (non-hydrogen) atoms. The molecule has 0 aliphatic carbocycles. The van der Waals surface area contributed by atoms with Crippen molar-refractivity contribution in [3.8, 4) is 0 Å². The van der Waals surface area contributed by atoms with Crippen molar-refractivity contribution in [1.82, 2.24) is 0 Å². The molecule has 11 rings (SSSR count). The number of esters is 6. The third kappa shape index (κ3) is 29.8. The Morgan fingerprint density at radius 2 is 0.474 bits per heavy atom. The Morgan fingerprint density at radius 1 is 0.293 bits per heavy atom. The molecule has 0 bridgehead atoms. The summed E-state index contributed by atoms with van der Waals surface area (Å²) in [6, 6.07) is 61.0. The molecule has 4 aliphatic rings. The number of aliphatic hydroxyl groups is 10. The van der Waals surface area contributed by atoms with Crippen LogP contribution in [0, 0.1) is 0 Å². The van der Waals surface area contributed by atoms with Crippen molar-refractivity contribution in [2.75, 3.05) is 52.9 Å². The molecular formula is C85H103ClO30. The van der Waals surface area contributed by atoms with E-state index in [0.717, 1.165) is 0 Å². The standard InChI is InChI=1S/2C26H30O8.C20H22O8.C7H7Cl.C6H14O6/c1-25(2)31-19(15-29-23(27)17-11-7-5-8-12-17)22-21(33-25)20(32-26(3,4)34-22)16-30-24(28)18-13-9-6-10-14-18;1-25(2)31-19(15-29-23(27)17-11-7-5-8-12-17)21(33-25)22-20(32-26(3,4)34-22)16-30-24(28)18-13-9-6-10-14-18;21-15(11-27-19(25)13-7-3-1-4-8-13)17(23)18(24)16(22)12-28-20(26)14-9-5-2-6-10-14;8-6-7-4-2-1-3-5-7;7-1-3(9)5(11)6(12)4(10)2-8/h2*5-14,19-22H,15-16H2,1-4H3;1-10,15-18,21-24H,11-12H2;1-5H,6H2;3-12H,1-2H2/t2*19-,20-,21-,22-;15-,16-,17-,18-;;3-,4-,5-,6-/m111.1/s1. The Labute approximate surface area is 676 Å². The largest absolute Gasteiger partial charge is 0.459 e. The van der Waals surface area contributed by atoms with Crippen LogP contribution in [0.3, 0.4) is 0 Å².